The van der Waals surface area contributed by atoms with Gasteiger partial charge in [-0.3, -0.25) is 4.79 Å². The minimum atomic E-state index is -0.557. The summed E-state index contributed by atoms with van der Waals surface area (Å²) in [6.45, 7) is 4.70. The van der Waals surface area contributed by atoms with Gasteiger partial charge in [0.05, 0.1) is 5.69 Å². The summed E-state index contributed by atoms with van der Waals surface area (Å²) in [5.41, 5.74) is 14.0. The van der Waals surface area contributed by atoms with Crippen LogP contribution in [0.5, 0.6) is 0 Å². The van der Waals surface area contributed by atoms with E-state index in [1.54, 1.807) is 28.8 Å². The monoisotopic (exact) mass is 445 g/mol. The van der Waals surface area contributed by atoms with Gasteiger partial charge in [-0.2, -0.15) is 0 Å². The second-order valence-corrected chi connectivity index (χ2v) is 8.87. The Morgan fingerprint density at radius 2 is 1.84 bits per heavy atom. The van der Waals surface area contributed by atoms with Crippen molar-refractivity contribution in [1.29, 1.82) is 0 Å². The molecule has 3 aromatic rings. The number of aryl methyl sites for hydroxylation is 1. The Bertz CT molecular complexity index is 1160. The van der Waals surface area contributed by atoms with E-state index in [0.717, 1.165) is 23.1 Å². The zero-order valence-corrected chi connectivity index (χ0v) is 19.3. The first-order chi connectivity index (χ1) is 15.5. The number of anilines is 1. The molecule has 0 aromatic heterocycles. The van der Waals surface area contributed by atoms with E-state index in [1.807, 2.05) is 18.2 Å². The number of carbonyl (C=O) groups is 1. The number of thioether (sulfide) groups is 1. The van der Waals surface area contributed by atoms with Gasteiger partial charge in [0, 0.05) is 24.2 Å². The van der Waals surface area contributed by atoms with E-state index >= 15 is 0 Å². The average molecular weight is 446 g/mol. The number of hydrogen-bond donors (Lipinski definition) is 1. The van der Waals surface area contributed by atoms with Gasteiger partial charge in [0.1, 0.15) is 0 Å². The first kappa shape index (κ1) is 22.0. The van der Waals surface area contributed by atoms with Gasteiger partial charge in [0.25, 0.3) is 0 Å². The van der Waals surface area contributed by atoms with E-state index in [4.69, 9.17) is 5.73 Å². The second kappa shape index (κ2) is 9.54. The van der Waals surface area contributed by atoms with E-state index in [9.17, 15) is 4.79 Å². The molecule has 164 valence electrons. The fourth-order valence-electron chi connectivity index (χ4n) is 3.95. The van der Waals surface area contributed by atoms with Crippen molar-refractivity contribution in [2.45, 2.75) is 37.2 Å². The summed E-state index contributed by atoms with van der Waals surface area (Å²) in [7, 11) is 1.74. The van der Waals surface area contributed by atoms with Crippen molar-refractivity contribution in [3.05, 3.63) is 82.9 Å². The summed E-state index contributed by atoms with van der Waals surface area (Å²) in [5.74, 6) is 0.710. The Morgan fingerprint density at radius 1 is 1.06 bits per heavy atom. The first-order valence-corrected chi connectivity index (χ1v) is 11.5. The van der Waals surface area contributed by atoms with Gasteiger partial charge in [-0.05, 0) is 59.0 Å². The highest BCUT2D eigenvalue weighted by atomic mass is 32.2. The molecule has 1 atom stereocenters. The summed E-state index contributed by atoms with van der Waals surface area (Å²) >= 11 is 1.77. The minimum Gasteiger partial charge on any atom is -0.326 e. The van der Waals surface area contributed by atoms with Crippen molar-refractivity contribution in [3.63, 3.8) is 0 Å². The Kier molecular flexibility index (Phi) is 6.58. The molecule has 1 heterocycles. The number of hydrogen-bond acceptors (Lipinski definition) is 7. The number of aldehydes is 1. The van der Waals surface area contributed by atoms with Crippen LogP contribution in [-0.4, -0.2) is 24.5 Å². The first-order valence-electron chi connectivity index (χ1n) is 10.5. The van der Waals surface area contributed by atoms with Crippen LogP contribution in [0, 0.1) is 13.8 Å². The highest BCUT2D eigenvalue weighted by Crippen LogP contribution is 2.37. The number of nitrogens with zero attached hydrogens (tertiary/aromatic N) is 4. The average Bonchev–Trinajstić information content (AvgIpc) is 3.18. The maximum atomic E-state index is 11.7. The van der Waals surface area contributed by atoms with Crippen LogP contribution in [0.3, 0.4) is 0 Å². The number of rotatable bonds is 7. The maximum Gasteiger partial charge on any atom is 0.197 e. The van der Waals surface area contributed by atoms with Gasteiger partial charge in [0.15, 0.2) is 12.5 Å². The zero-order chi connectivity index (χ0) is 22.7. The SMILES string of the molecule is Cc1cccc(-c2cccc(SCc3c(CN)cccc3N3N=NN(C)C3C=O)c2C)c1. The molecule has 7 heteroatoms. The Balaban J connectivity index is 1.66. The van der Waals surface area contributed by atoms with Crippen LogP contribution in [0.1, 0.15) is 22.3 Å². The molecular formula is C25H27N5OS. The molecule has 0 aliphatic carbocycles. The lowest BCUT2D eigenvalue weighted by atomic mass is 9.99. The van der Waals surface area contributed by atoms with Crippen molar-refractivity contribution in [1.82, 2.24) is 5.01 Å². The standard InChI is InChI=1S/C25H27N5OS/c1-17-7-4-8-19(13-17)21-10-6-12-24(18(21)2)32-16-22-20(14-26)9-5-11-23(22)30-25(15-31)29(3)27-28-30/h4-13,15,25H,14,16,26H2,1-3H3. The van der Waals surface area contributed by atoms with Crippen LogP contribution in [0.2, 0.25) is 0 Å². The third kappa shape index (κ3) is 4.26. The minimum absolute atomic E-state index is 0.415. The molecule has 0 fully saturated rings. The van der Waals surface area contributed by atoms with Crippen LogP contribution in [-0.2, 0) is 17.1 Å². The van der Waals surface area contributed by atoms with Crippen molar-refractivity contribution < 1.29 is 4.79 Å². The second-order valence-electron chi connectivity index (χ2n) is 7.85. The largest absolute Gasteiger partial charge is 0.326 e. The molecule has 0 amide bonds. The predicted molar refractivity (Wildman–Crippen MR) is 130 cm³/mol. The molecule has 0 spiro atoms. The van der Waals surface area contributed by atoms with Gasteiger partial charge in [-0.15, -0.1) is 11.8 Å². The van der Waals surface area contributed by atoms with Crippen LogP contribution in [0.15, 0.2) is 76.0 Å². The van der Waals surface area contributed by atoms with Gasteiger partial charge in [-0.25, -0.2) is 10.0 Å². The smallest absolute Gasteiger partial charge is 0.197 e. The van der Waals surface area contributed by atoms with Crippen molar-refractivity contribution in [2.24, 2.45) is 16.2 Å². The van der Waals surface area contributed by atoms with Gasteiger partial charge < -0.3 is 5.73 Å². The van der Waals surface area contributed by atoms with Crippen LogP contribution in [0.4, 0.5) is 5.69 Å². The number of nitrogens with two attached hydrogens (primary N) is 1. The summed E-state index contributed by atoms with van der Waals surface area (Å²) in [5, 5.41) is 11.5. The molecule has 32 heavy (non-hydrogen) atoms. The predicted octanol–water partition coefficient (Wildman–Crippen LogP) is 5.28. The zero-order valence-electron chi connectivity index (χ0n) is 18.5. The van der Waals surface area contributed by atoms with Crippen molar-refractivity contribution in [2.75, 3.05) is 12.1 Å². The number of likely N-dealkylation sites (N-methyl/N-ethyl adjacent to an activating group) is 1. The summed E-state index contributed by atoms with van der Waals surface area (Å²) in [6.07, 6.45) is 0.291. The third-order valence-electron chi connectivity index (χ3n) is 5.73. The molecule has 0 radical (unpaired) electrons. The fraction of sp³-hybridized carbons (Fsp3) is 0.240. The van der Waals surface area contributed by atoms with Gasteiger partial charge in [0.2, 0.25) is 0 Å². The number of carbonyl (C=O) groups excluding carboxylic acids is 1. The van der Waals surface area contributed by atoms with Gasteiger partial charge >= 0.3 is 0 Å². The van der Waals surface area contributed by atoms with Gasteiger partial charge in [-0.1, -0.05) is 59.3 Å². The van der Waals surface area contributed by atoms with E-state index < -0.39 is 6.17 Å². The Morgan fingerprint density at radius 3 is 2.59 bits per heavy atom. The molecule has 1 aliphatic rings. The van der Waals surface area contributed by atoms with E-state index in [1.165, 1.54) is 27.1 Å². The summed E-state index contributed by atoms with van der Waals surface area (Å²) < 4.78 is 0. The quantitative estimate of drug-likeness (QED) is 0.396. The Hall–Kier alpha value is -3.16. The van der Waals surface area contributed by atoms with Crippen molar-refractivity contribution in [3.8, 4) is 11.1 Å². The molecule has 0 saturated carbocycles. The lowest BCUT2D eigenvalue weighted by molar-refractivity contribution is -0.111. The van der Waals surface area contributed by atoms with Crippen LogP contribution in [0.25, 0.3) is 11.1 Å². The molecule has 1 unspecified atom stereocenters. The molecule has 0 saturated heterocycles. The lowest BCUT2D eigenvalue weighted by Gasteiger charge is -2.24. The van der Waals surface area contributed by atoms with E-state index in [-0.39, 0.29) is 0 Å². The maximum absolute atomic E-state index is 11.7. The molecule has 1 aliphatic heterocycles. The molecular weight excluding hydrogens is 418 g/mol. The third-order valence-corrected chi connectivity index (χ3v) is 6.92. The normalized spacial score (nSPS) is 15.4. The fourth-order valence-corrected chi connectivity index (χ4v) is 5.08. The molecule has 2 N–H and O–H groups in total. The van der Waals surface area contributed by atoms with E-state index in [2.05, 4.69) is 66.8 Å². The number of benzene rings is 3. The highest BCUT2D eigenvalue weighted by Gasteiger charge is 2.30. The topological polar surface area (TPSA) is 74.3 Å². The Labute approximate surface area is 193 Å². The summed E-state index contributed by atoms with van der Waals surface area (Å²) in [6, 6.07) is 21.0. The molecule has 0 bridgehead atoms. The van der Waals surface area contributed by atoms with Crippen LogP contribution < -0.4 is 10.7 Å². The van der Waals surface area contributed by atoms with Crippen LogP contribution >= 0.6 is 11.8 Å². The lowest BCUT2D eigenvalue weighted by Crippen LogP contribution is -2.38. The molecule has 6 nitrogen and oxygen atoms in total. The molecule has 4 rings (SSSR count). The van der Waals surface area contributed by atoms with Crippen molar-refractivity contribution >= 4 is 23.7 Å². The van der Waals surface area contributed by atoms with E-state index in [0.29, 0.717) is 12.3 Å². The molecule has 3 aromatic carbocycles. The summed E-state index contributed by atoms with van der Waals surface area (Å²) in [4.78, 5) is 12.9. The highest BCUT2D eigenvalue weighted by molar-refractivity contribution is 7.98.